The quantitative estimate of drug-likeness (QED) is 0.560. The first-order valence-corrected chi connectivity index (χ1v) is 8.04. The van der Waals surface area contributed by atoms with E-state index in [0.717, 1.165) is 44.3 Å². The van der Waals surface area contributed by atoms with Crippen molar-refractivity contribution in [3.05, 3.63) is 64.8 Å². The normalized spacial score (nSPS) is 13.7. The molecule has 0 spiro atoms. The summed E-state index contributed by atoms with van der Waals surface area (Å²) in [6.45, 7) is 9.95. The molecule has 23 heavy (non-hydrogen) atoms. The van der Waals surface area contributed by atoms with Crippen LogP contribution in [0.5, 0.6) is 0 Å². The van der Waals surface area contributed by atoms with Crippen LogP contribution in [0.15, 0.2) is 42.5 Å². The Labute approximate surface area is 143 Å². The molecule has 0 aliphatic rings. The fourth-order valence-corrected chi connectivity index (χ4v) is 3.07. The number of aromatic nitrogens is 1. The highest BCUT2D eigenvalue weighted by atomic mass is 14.9. The highest BCUT2D eigenvalue weighted by Gasteiger charge is 2.19. The monoisotopic (exact) mass is 307 g/mol. The Morgan fingerprint density at radius 1 is 1.09 bits per heavy atom. The number of benzene rings is 2. The Kier molecular flexibility index (Phi) is 3.10. The van der Waals surface area contributed by atoms with Gasteiger partial charge in [-0.1, -0.05) is 37.6 Å². The minimum Gasteiger partial charge on any atom is -0.200 e. The van der Waals surface area contributed by atoms with Gasteiger partial charge in [-0.2, -0.15) is 0 Å². The first-order valence-electron chi connectivity index (χ1n) is 9.54. The molecule has 1 nitrogen and oxygen atoms in total. The molecular formula is C22H26N+. The lowest BCUT2D eigenvalue weighted by molar-refractivity contribution is -0.659. The van der Waals surface area contributed by atoms with Gasteiger partial charge in [0.15, 0.2) is 6.17 Å². The molecule has 0 atom stereocenters. The van der Waals surface area contributed by atoms with Crippen LogP contribution in [0.1, 0.15) is 46.1 Å². The lowest BCUT2D eigenvalue weighted by Crippen LogP contribution is -2.30. The SMILES string of the molecule is [2H]c1c([2H])[n+](C)c(-c2cc(C([2H])(C)C)cc(C)c2C)c2ccc(C)cc12. The highest BCUT2D eigenvalue weighted by Crippen LogP contribution is 2.32. The fourth-order valence-electron chi connectivity index (χ4n) is 3.07. The van der Waals surface area contributed by atoms with Gasteiger partial charge in [-0.05, 0) is 60.9 Å². The number of fused-ring (bicyclic) bond motifs is 1. The average Bonchev–Trinajstić information content (AvgIpc) is 2.56. The number of rotatable bonds is 2. The maximum absolute atomic E-state index is 8.45. The number of hydrogen-bond donors (Lipinski definition) is 0. The van der Waals surface area contributed by atoms with Gasteiger partial charge in [0.25, 0.3) is 0 Å². The van der Waals surface area contributed by atoms with E-state index in [-0.39, 0.29) is 12.2 Å². The van der Waals surface area contributed by atoms with E-state index < -0.39 is 5.89 Å². The van der Waals surface area contributed by atoms with Gasteiger partial charge in [-0.25, -0.2) is 4.57 Å². The van der Waals surface area contributed by atoms with Crippen LogP contribution < -0.4 is 4.57 Å². The van der Waals surface area contributed by atoms with Crippen LogP contribution in [0.4, 0.5) is 0 Å². The van der Waals surface area contributed by atoms with Crippen molar-refractivity contribution in [2.45, 2.75) is 40.5 Å². The second-order valence-electron chi connectivity index (χ2n) is 6.66. The maximum atomic E-state index is 8.45. The molecule has 3 aromatic rings. The van der Waals surface area contributed by atoms with Crippen LogP contribution >= 0.6 is 0 Å². The molecule has 0 N–H and O–H groups in total. The van der Waals surface area contributed by atoms with Crippen LogP contribution in [0, 0.1) is 20.8 Å². The second kappa shape index (κ2) is 5.81. The van der Waals surface area contributed by atoms with Gasteiger partial charge in [-0.3, -0.25) is 0 Å². The topological polar surface area (TPSA) is 3.88 Å². The van der Waals surface area contributed by atoms with Gasteiger partial charge >= 0.3 is 0 Å². The number of nitrogens with zero attached hydrogens (tertiary/aromatic N) is 1. The highest BCUT2D eigenvalue weighted by molar-refractivity contribution is 5.94. The molecule has 3 rings (SSSR count). The standard InChI is InChI=1S/C22H26N/c1-14(2)19-12-16(4)17(5)21(13-19)22-20-8-7-15(3)11-18(20)9-10-23(22)6/h7-14H,1-6H3/q+1/i9D,10D,14D. The second-order valence-corrected chi connectivity index (χ2v) is 6.66. The minimum atomic E-state index is -0.697. The summed E-state index contributed by atoms with van der Waals surface area (Å²) in [6, 6.07) is 10.5. The molecule has 0 amide bonds. The summed E-state index contributed by atoms with van der Waals surface area (Å²) in [4.78, 5) is 0. The van der Waals surface area contributed by atoms with Crippen molar-refractivity contribution in [1.82, 2.24) is 0 Å². The van der Waals surface area contributed by atoms with Crippen LogP contribution in [0.25, 0.3) is 22.0 Å². The zero-order valence-corrected chi connectivity index (χ0v) is 14.8. The summed E-state index contributed by atoms with van der Waals surface area (Å²) in [5.41, 5.74) is 6.29. The van der Waals surface area contributed by atoms with Gasteiger partial charge in [0.2, 0.25) is 5.69 Å². The van der Waals surface area contributed by atoms with Gasteiger partial charge in [0.1, 0.15) is 8.42 Å². The molecule has 1 aromatic heterocycles. The van der Waals surface area contributed by atoms with Crippen molar-refractivity contribution in [3.8, 4) is 11.3 Å². The summed E-state index contributed by atoms with van der Waals surface area (Å²) in [6.07, 6.45) is 0.200. The van der Waals surface area contributed by atoms with Crippen LogP contribution in [-0.4, -0.2) is 0 Å². The van der Waals surface area contributed by atoms with E-state index in [1.807, 2.05) is 40.0 Å². The third kappa shape index (κ3) is 2.76. The predicted molar refractivity (Wildman–Crippen MR) is 98.9 cm³/mol. The van der Waals surface area contributed by atoms with Crippen molar-refractivity contribution < 1.29 is 8.68 Å². The number of aryl methyl sites for hydroxylation is 2. The molecule has 0 saturated carbocycles. The zero-order chi connectivity index (χ0) is 19.4. The molecule has 1 heteroatoms. The van der Waals surface area contributed by atoms with E-state index in [4.69, 9.17) is 4.11 Å². The van der Waals surface area contributed by atoms with Crippen molar-refractivity contribution in [3.63, 3.8) is 0 Å². The average molecular weight is 307 g/mol. The Morgan fingerprint density at radius 2 is 1.83 bits per heavy atom. The van der Waals surface area contributed by atoms with Crippen LogP contribution in [0.3, 0.4) is 0 Å². The Balaban J connectivity index is 2.49. The molecule has 1 heterocycles. The largest absolute Gasteiger partial charge is 0.220 e. The molecule has 0 bridgehead atoms. The lowest BCUT2D eigenvalue weighted by atomic mass is 9.91. The smallest absolute Gasteiger partial charge is 0.200 e. The lowest BCUT2D eigenvalue weighted by Gasteiger charge is -2.14. The number of hydrogen-bond acceptors (Lipinski definition) is 0. The van der Waals surface area contributed by atoms with Gasteiger partial charge < -0.3 is 0 Å². The summed E-state index contributed by atoms with van der Waals surface area (Å²) < 4.78 is 27.1. The molecule has 0 saturated heterocycles. The molecule has 0 unspecified atom stereocenters. The molecular weight excluding hydrogens is 278 g/mol. The third-order valence-electron chi connectivity index (χ3n) is 4.62. The van der Waals surface area contributed by atoms with Crippen molar-refractivity contribution in [1.29, 1.82) is 0 Å². The first kappa shape index (κ1) is 12.3. The predicted octanol–water partition coefficient (Wildman–Crippen LogP) is 5.38. The molecule has 0 aliphatic heterocycles. The van der Waals surface area contributed by atoms with Crippen molar-refractivity contribution >= 4 is 10.8 Å². The molecule has 0 aliphatic carbocycles. The Morgan fingerprint density at radius 3 is 2.52 bits per heavy atom. The first-order chi connectivity index (χ1) is 12.0. The van der Waals surface area contributed by atoms with E-state index >= 15 is 0 Å². The minimum absolute atomic E-state index is 0.200. The van der Waals surface area contributed by atoms with E-state index in [9.17, 15) is 0 Å². The summed E-state index contributed by atoms with van der Waals surface area (Å²) in [7, 11) is 1.85. The van der Waals surface area contributed by atoms with Gasteiger partial charge in [0, 0.05) is 7.41 Å². The van der Waals surface area contributed by atoms with E-state index in [2.05, 4.69) is 32.0 Å². The van der Waals surface area contributed by atoms with Gasteiger partial charge in [0.05, 0.1) is 12.3 Å². The Hall–Kier alpha value is -2.15. The molecule has 0 fully saturated rings. The molecule has 2 aromatic carbocycles. The van der Waals surface area contributed by atoms with Crippen molar-refractivity contribution in [2.24, 2.45) is 7.05 Å². The third-order valence-corrected chi connectivity index (χ3v) is 4.62. The molecule has 118 valence electrons. The van der Waals surface area contributed by atoms with E-state index in [1.165, 1.54) is 0 Å². The Bertz CT molecular complexity index is 1030. The van der Waals surface area contributed by atoms with E-state index in [1.54, 1.807) is 4.57 Å². The fraction of sp³-hybridized carbons (Fsp3) is 0.318. The van der Waals surface area contributed by atoms with E-state index in [0.29, 0.717) is 0 Å². The van der Waals surface area contributed by atoms with Crippen LogP contribution in [-0.2, 0) is 7.05 Å². The summed E-state index contributed by atoms with van der Waals surface area (Å²) >= 11 is 0. The summed E-state index contributed by atoms with van der Waals surface area (Å²) in [5, 5.41) is 1.78. The maximum Gasteiger partial charge on any atom is 0.220 e. The van der Waals surface area contributed by atoms with Gasteiger partial charge in [-0.15, -0.1) is 0 Å². The summed E-state index contributed by atoms with van der Waals surface area (Å²) in [5.74, 6) is -0.697. The number of pyridine rings is 1. The zero-order valence-electron chi connectivity index (χ0n) is 17.8. The molecule has 0 radical (unpaired) electrons. The van der Waals surface area contributed by atoms with Crippen molar-refractivity contribution in [2.75, 3.05) is 0 Å². The van der Waals surface area contributed by atoms with Crippen LogP contribution in [0.2, 0.25) is 0 Å².